The van der Waals surface area contributed by atoms with Gasteiger partial charge in [-0.3, -0.25) is 0 Å². The van der Waals surface area contributed by atoms with E-state index in [-0.39, 0.29) is 6.04 Å². The first-order chi connectivity index (χ1) is 9.72. The molecular formula is C17H21NOS. The number of ether oxygens (including phenoxy) is 1. The Kier molecular flexibility index (Phi) is 5.50. The highest BCUT2D eigenvalue weighted by Crippen LogP contribution is 2.31. The predicted molar refractivity (Wildman–Crippen MR) is 86.7 cm³/mol. The maximum atomic E-state index is 6.01. The number of para-hydroxylation sites is 1. The number of nitrogens with two attached hydrogens (primary N) is 1. The normalized spacial score (nSPS) is 12.2. The quantitative estimate of drug-likeness (QED) is 0.796. The minimum Gasteiger partial charge on any atom is -0.456 e. The largest absolute Gasteiger partial charge is 0.456 e. The van der Waals surface area contributed by atoms with Crippen LogP contribution in [0.3, 0.4) is 0 Å². The molecule has 0 spiro atoms. The number of hydrogen-bond acceptors (Lipinski definition) is 3. The molecule has 0 aromatic heterocycles. The molecule has 0 aliphatic carbocycles. The van der Waals surface area contributed by atoms with Gasteiger partial charge < -0.3 is 10.5 Å². The Morgan fingerprint density at radius 1 is 1.15 bits per heavy atom. The van der Waals surface area contributed by atoms with E-state index >= 15 is 0 Å². The van der Waals surface area contributed by atoms with Crippen molar-refractivity contribution in [3.05, 3.63) is 54.1 Å². The van der Waals surface area contributed by atoms with Gasteiger partial charge in [0.1, 0.15) is 11.5 Å². The standard InChI is InChI=1S/C17H21NOS/c1-3-14(18)11-13-7-6-8-15(12-13)19-16-9-4-5-10-17(16)20-2/h4-10,12,14H,3,11,18H2,1-2H3. The van der Waals surface area contributed by atoms with Crippen LogP contribution in [0.15, 0.2) is 53.4 Å². The van der Waals surface area contributed by atoms with Crippen molar-refractivity contribution in [3.8, 4) is 11.5 Å². The van der Waals surface area contributed by atoms with Gasteiger partial charge in [-0.2, -0.15) is 0 Å². The van der Waals surface area contributed by atoms with Crippen LogP contribution < -0.4 is 10.5 Å². The number of benzene rings is 2. The van der Waals surface area contributed by atoms with E-state index in [1.807, 2.05) is 30.3 Å². The van der Waals surface area contributed by atoms with Crippen LogP contribution in [0.25, 0.3) is 0 Å². The molecule has 2 aromatic carbocycles. The van der Waals surface area contributed by atoms with Crippen LogP contribution in [-0.2, 0) is 6.42 Å². The second-order valence-corrected chi connectivity index (χ2v) is 5.62. The third kappa shape index (κ3) is 4.02. The van der Waals surface area contributed by atoms with Crippen molar-refractivity contribution in [1.82, 2.24) is 0 Å². The van der Waals surface area contributed by atoms with Crippen molar-refractivity contribution in [2.24, 2.45) is 5.73 Å². The molecular weight excluding hydrogens is 266 g/mol. The maximum absolute atomic E-state index is 6.01. The van der Waals surface area contributed by atoms with E-state index in [1.54, 1.807) is 11.8 Å². The van der Waals surface area contributed by atoms with Crippen LogP contribution in [0, 0.1) is 0 Å². The van der Waals surface area contributed by atoms with Crippen LogP contribution in [0.1, 0.15) is 18.9 Å². The van der Waals surface area contributed by atoms with E-state index in [0.717, 1.165) is 29.2 Å². The van der Waals surface area contributed by atoms with E-state index in [4.69, 9.17) is 10.5 Å². The number of thioether (sulfide) groups is 1. The van der Waals surface area contributed by atoms with Crippen molar-refractivity contribution in [2.75, 3.05) is 6.26 Å². The van der Waals surface area contributed by atoms with E-state index < -0.39 is 0 Å². The first-order valence-electron chi connectivity index (χ1n) is 6.88. The van der Waals surface area contributed by atoms with Crippen molar-refractivity contribution >= 4 is 11.8 Å². The molecule has 0 aliphatic heterocycles. The Bertz CT molecular complexity index is 556. The molecule has 0 heterocycles. The monoisotopic (exact) mass is 287 g/mol. The smallest absolute Gasteiger partial charge is 0.140 e. The van der Waals surface area contributed by atoms with E-state index in [0.29, 0.717) is 0 Å². The van der Waals surface area contributed by atoms with Gasteiger partial charge in [0.25, 0.3) is 0 Å². The summed E-state index contributed by atoms with van der Waals surface area (Å²) in [6.07, 6.45) is 3.93. The highest BCUT2D eigenvalue weighted by atomic mass is 32.2. The zero-order valence-corrected chi connectivity index (χ0v) is 12.8. The molecule has 2 nitrogen and oxygen atoms in total. The van der Waals surface area contributed by atoms with Crippen molar-refractivity contribution < 1.29 is 4.74 Å². The first kappa shape index (κ1) is 14.9. The van der Waals surface area contributed by atoms with Crippen molar-refractivity contribution in [3.63, 3.8) is 0 Å². The highest BCUT2D eigenvalue weighted by Gasteiger charge is 2.06. The summed E-state index contributed by atoms with van der Waals surface area (Å²) in [7, 11) is 0. The van der Waals surface area contributed by atoms with Crippen LogP contribution >= 0.6 is 11.8 Å². The Morgan fingerprint density at radius 2 is 1.95 bits per heavy atom. The van der Waals surface area contributed by atoms with Gasteiger partial charge in [-0.1, -0.05) is 31.2 Å². The van der Waals surface area contributed by atoms with Crippen LogP contribution in [0.4, 0.5) is 0 Å². The molecule has 1 unspecified atom stereocenters. The fraction of sp³-hybridized carbons (Fsp3) is 0.294. The topological polar surface area (TPSA) is 35.2 Å². The molecule has 3 heteroatoms. The molecule has 0 saturated heterocycles. The van der Waals surface area contributed by atoms with Crippen LogP contribution in [0.5, 0.6) is 11.5 Å². The predicted octanol–water partition coefficient (Wildman–Crippen LogP) is 4.48. The summed E-state index contributed by atoms with van der Waals surface area (Å²) < 4.78 is 5.99. The minimum atomic E-state index is 0.212. The van der Waals surface area contributed by atoms with Crippen LogP contribution in [-0.4, -0.2) is 12.3 Å². The molecule has 0 amide bonds. The van der Waals surface area contributed by atoms with Gasteiger partial charge in [-0.25, -0.2) is 0 Å². The third-order valence-electron chi connectivity index (χ3n) is 3.22. The molecule has 0 saturated carbocycles. The Balaban J connectivity index is 2.15. The highest BCUT2D eigenvalue weighted by molar-refractivity contribution is 7.98. The Morgan fingerprint density at radius 3 is 2.70 bits per heavy atom. The lowest BCUT2D eigenvalue weighted by molar-refractivity contribution is 0.470. The summed E-state index contributed by atoms with van der Waals surface area (Å²) in [6.45, 7) is 2.11. The van der Waals surface area contributed by atoms with Gasteiger partial charge in [0, 0.05) is 10.9 Å². The van der Waals surface area contributed by atoms with Gasteiger partial charge in [-0.15, -0.1) is 11.8 Å². The molecule has 2 aromatic rings. The van der Waals surface area contributed by atoms with E-state index in [2.05, 4.69) is 31.4 Å². The SMILES string of the molecule is CCC(N)Cc1cccc(Oc2ccccc2SC)c1. The van der Waals surface area contributed by atoms with Crippen molar-refractivity contribution in [1.29, 1.82) is 0 Å². The zero-order chi connectivity index (χ0) is 14.4. The van der Waals surface area contributed by atoms with Crippen molar-refractivity contribution in [2.45, 2.75) is 30.7 Å². The summed E-state index contributed by atoms with van der Waals surface area (Å²) in [5.74, 6) is 1.77. The molecule has 1 atom stereocenters. The number of rotatable bonds is 6. The average molecular weight is 287 g/mol. The van der Waals surface area contributed by atoms with Crippen LogP contribution in [0.2, 0.25) is 0 Å². The second-order valence-electron chi connectivity index (χ2n) is 4.77. The van der Waals surface area contributed by atoms with Gasteiger partial charge in [-0.05, 0) is 48.9 Å². The minimum absolute atomic E-state index is 0.212. The summed E-state index contributed by atoms with van der Waals surface area (Å²) in [6, 6.07) is 16.5. The van der Waals surface area contributed by atoms with Gasteiger partial charge in [0.2, 0.25) is 0 Å². The molecule has 2 rings (SSSR count). The third-order valence-corrected chi connectivity index (χ3v) is 3.99. The Hall–Kier alpha value is -1.45. The lowest BCUT2D eigenvalue weighted by Gasteiger charge is -2.12. The van der Waals surface area contributed by atoms with E-state index in [1.165, 1.54) is 5.56 Å². The molecule has 2 N–H and O–H groups in total. The summed E-state index contributed by atoms with van der Waals surface area (Å²) >= 11 is 1.69. The molecule has 20 heavy (non-hydrogen) atoms. The first-order valence-corrected chi connectivity index (χ1v) is 8.10. The molecule has 0 fully saturated rings. The molecule has 0 radical (unpaired) electrons. The lowest BCUT2D eigenvalue weighted by Crippen LogP contribution is -2.21. The van der Waals surface area contributed by atoms with E-state index in [9.17, 15) is 0 Å². The zero-order valence-electron chi connectivity index (χ0n) is 12.0. The summed E-state index contributed by atoms with van der Waals surface area (Å²) in [5.41, 5.74) is 7.23. The summed E-state index contributed by atoms with van der Waals surface area (Å²) in [4.78, 5) is 1.14. The molecule has 0 aliphatic rings. The fourth-order valence-electron chi connectivity index (χ4n) is 2.01. The average Bonchev–Trinajstić information content (AvgIpc) is 2.48. The molecule has 0 bridgehead atoms. The van der Waals surface area contributed by atoms with Gasteiger partial charge in [0.05, 0.1) is 0 Å². The van der Waals surface area contributed by atoms with Gasteiger partial charge in [0.15, 0.2) is 0 Å². The Labute approximate surface area is 125 Å². The maximum Gasteiger partial charge on any atom is 0.140 e. The fourth-order valence-corrected chi connectivity index (χ4v) is 2.54. The number of hydrogen-bond donors (Lipinski definition) is 1. The summed E-state index contributed by atoms with van der Waals surface area (Å²) in [5, 5.41) is 0. The van der Waals surface area contributed by atoms with Gasteiger partial charge >= 0.3 is 0 Å². The second kappa shape index (κ2) is 7.36. The molecule has 106 valence electrons. The lowest BCUT2D eigenvalue weighted by atomic mass is 10.0.